The Balaban J connectivity index is 1.75. The van der Waals surface area contributed by atoms with Gasteiger partial charge in [0.2, 0.25) is 5.91 Å². The van der Waals surface area contributed by atoms with E-state index in [4.69, 9.17) is 0 Å². The van der Waals surface area contributed by atoms with Crippen molar-refractivity contribution in [2.24, 2.45) is 0 Å². The summed E-state index contributed by atoms with van der Waals surface area (Å²) in [6.45, 7) is 5.97. The molecule has 1 aromatic heterocycles. The first-order chi connectivity index (χ1) is 15.3. The number of carbonyl (C=O) groups excluding carboxylic acids is 1. The number of carboxylic acid groups (broad SMARTS) is 1. The van der Waals surface area contributed by atoms with Gasteiger partial charge >= 0.3 is 11.0 Å². The number of nitrogens with zero attached hydrogens (tertiary/aromatic N) is 2. The predicted molar refractivity (Wildman–Crippen MR) is 125 cm³/mol. The number of phenols is 1. The van der Waals surface area contributed by atoms with Crippen molar-refractivity contribution in [2.75, 3.05) is 13.1 Å². The largest absolute Gasteiger partial charge is 0.506 e. The van der Waals surface area contributed by atoms with E-state index < -0.39 is 12.1 Å². The van der Waals surface area contributed by atoms with Crippen LogP contribution in [-0.2, 0) is 11.2 Å². The van der Waals surface area contributed by atoms with E-state index in [1.54, 1.807) is 11.0 Å². The van der Waals surface area contributed by atoms with Crippen LogP contribution in [0, 0.1) is 0 Å². The molecule has 3 N–H and O–H groups in total. The third kappa shape index (κ3) is 5.51. The van der Waals surface area contributed by atoms with Gasteiger partial charge in [0.25, 0.3) is 0 Å². The number of hydrogen-bond acceptors (Lipinski definition) is 5. The molecule has 0 radical (unpaired) electrons. The molecule has 32 heavy (non-hydrogen) atoms. The second-order valence-electron chi connectivity index (χ2n) is 8.38. The zero-order chi connectivity index (χ0) is 23.3. The lowest BCUT2D eigenvalue weighted by molar-refractivity contribution is -0.129. The Morgan fingerprint density at radius 3 is 2.59 bits per heavy atom. The Morgan fingerprint density at radius 1 is 1.28 bits per heavy atom. The van der Waals surface area contributed by atoms with E-state index in [2.05, 4.69) is 11.6 Å². The predicted octanol–water partition coefficient (Wildman–Crippen LogP) is 3.94. The SMILES string of the molecule is C=CC(=O)N(CC(C)N(CCc1ccc(O)c2[nH]c(=O)sc12)C(=O)O)C1CCCCCC1. The van der Waals surface area contributed by atoms with Gasteiger partial charge in [-0.3, -0.25) is 9.59 Å². The molecular weight excluding hydrogens is 430 g/mol. The van der Waals surface area contributed by atoms with Crippen LogP contribution in [0.3, 0.4) is 0 Å². The van der Waals surface area contributed by atoms with E-state index in [-0.39, 0.29) is 29.1 Å². The summed E-state index contributed by atoms with van der Waals surface area (Å²) in [6.07, 6.45) is 6.96. The molecule has 174 valence electrons. The van der Waals surface area contributed by atoms with Crippen molar-refractivity contribution >= 4 is 33.6 Å². The number of aromatic hydroxyl groups is 1. The van der Waals surface area contributed by atoms with Crippen molar-refractivity contribution in [1.82, 2.24) is 14.8 Å². The Morgan fingerprint density at radius 2 is 1.97 bits per heavy atom. The minimum Gasteiger partial charge on any atom is -0.506 e. The molecule has 1 heterocycles. The van der Waals surface area contributed by atoms with Gasteiger partial charge in [0.15, 0.2) is 0 Å². The summed E-state index contributed by atoms with van der Waals surface area (Å²) in [6, 6.07) is 2.92. The zero-order valence-electron chi connectivity index (χ0n) is 18.4. The molecular formula is C23H31N3O5S. The molecule has 9 heteroatoms. The normalized spacial score (nSPS) is 15.8. The molecule has 1 saturated carbocycles. The van der Waals surface area contributed by atoms with E-state index in [0.29, 0.717) is 23.2 Å². The minimum atomic E-state index is -1.05. The fourth-order valence-corrected chi connectivity index (χ4v) is 5.40. The van der Waals surface area contributed by atoms with Crippen molar-refractivity contribution in [3.8, 4) is 5.75 Å². The van der Waals surface area contributed by atoms with E-state index in [0.717, 1.165) is 55.4 Å². The molecule has 2 aromatic rings. The molecule has 1 aromatic carbocycles. The summed E-state index contributed by atoms with van der Waals surface area (Å²) in [5.41, 5.74) is 1.17. The number of hydrogen-bond donors (Lipinski definition) is 3. The topological polar surface area (TPSA) is 114 Å². The van der Waals surface area contributed by atoms with E-state index in [1.807, 2.05) is 6.92 Å². The van der Waals surface area contributed by atoms with Crippen LogP contribution in [0.2, 0.25) is 0 Å². The molecule has 0 bridgehead atoms. The fraction of sp³-hybridized carbons (Fsp3) is 0.522. The Labute approximate surface area is 191 Å². The van der Waals surface area contributed by atoms with Gasteiger partial charge in [-0.05, 0) is 43.9 Å². The van der Waals surface area contributed by atoms with Crippen LogP contribution < -0.4 is 4.87 Å². The highest BCUT2D eigenvalue weighted by Crippen LogP contribution is 2.28. The standard InChI is InChI=1S/C23H31N3O5S/c1-3-19(28)26(17-8-6-4-5-7-9-17)14-15(2)25(23(30)31)13-12-16-10-11-18(27)20-21(16)32-22(29)24-20/h3,10-11,15,17,27H,1,4-9,12-14H2,2H3,(H,24,29)(H,30,31). The third-order valence-corrected chi connectivity index (χ3v) is 7.18. The van der Waals surface area contributed by atoms with Crippen molar-refractivity contribution in [3.63, 3.8) is 0 Å². The number of H-pyrrole nitrogens is 1. The van der Waals surface area contributed by atoms with Gasteiger partial charge in [-0.25, -0.2) is 4.79 Å². The summed E-state index contributed by atoms with van der Waals surface area (Å²) >= 11 is 0.999. The van der Waals surface area contributed by atoms with Crippen LogP contribution in [0.1, 0.15) is 51.0 Å². The number of thiazole rings is 1. The average molecular weight is 462 g/mol. The second-order valence-corrected chi connectivity index (χ2v) is 9.36. The maximum absolute atomic E-state index is 12.6. The van der Waals surface area contributed by atoms with Crippen molar-refractivity contribution in [3.05, 3.63) is 40.0 Å². The molecule has 1 fully saturated rings. The number of carbonyl (C=O) groups is 2. The maximum Gasteiger partial charge on any atom is 0.407 e. The van der Waals surface area contributed by atoms with Crippen molar-refractivity contribution < 1.29 is 19.8 Å². The number of nitrogens with one attached hydrogen (secondary N) is 1. The van der Waals surface area contributed by atoms with E-state index in [9.17, 15) is 24.6 Å². The van der Waals surface area contributed by atoms with E-state index >= 15 is 0 Å². The lowest BCUT2D eigenvalue weighted by Gasteiger charge is -2.36. The van der Waals surface area contributed by atoms with Gasteiger partial charge in [0.05, 0.1) is 4.70 Å². The van der Waals surface area contributed by atoms with Crippen LogP contribution >= 0.6 is 11.3 Å². The highest BCUT2D eigenvalue weighted by atomic mass is 32.1. The summed E-state index contributed by atoms with van der Waals surface area (Å²) < 4.78 is 0.634. The Bertz CT molecular complexity index is 1020. The fourth-order valence-electron chi connectivity index (χ4n) is 4.50. The van der Waals surface area contributed by atoms with Crippen LogP contribution in [0.15, 0.2) is 29.6 Å². The monoisotopic (exact) mass is 461 g/mol. The lowest BCUT2D eigenvalue weighted by atomic mass is 10.1. The smallest absolute Gasteiger partial charge is 0.407 e. The lowest BCUT2D eigenvalue weighted by Crippen LogP contribution is -2.50. The Hall–Kier alpha value is -2.81. The molecule has 1 atom stereocenters. The number of amides is 2. The number of aromatic amines is 1. The van der Waals surface area contributed by atoms with Crippen LogP contribution in [0.4, 0.5) is 4.79 Å². The molecule has 8 nitrogen and oxygen atoms in total. The number of phenolic OH excluding ortho intramolecular Hbond substituents is 1. The quantitative estimate of drug-likeness (QED) is 0.407. The number of rotatable bonds is 8. The van der Waals surface area contributed by atoms with Crippen molar-refractivity contribution in [1.29, 1.82) is 0 Å². The Kier molecular flexibility index (Phi) is 7.95. The minimum absolute atomic E-state index is 0.00691. The molecule has 0 saturated heterocycles. The molecule has 1 unspecified atom stereocenters. The van der Waals surface area contributed by atoms with Gasteiger partial charge in [-0.1, -0.05) is 49.7 Å². The summed E-state index contributed by atoms with van der Waals surface area (Å²) in [4.78, 5) is 41.9. The summed E-state index contributed by atoms with van der Waals surface area (Å²) in [7, 11) is 0. The highest BCUT2D eigenvalue weighted by Gasteiger charge is 2.28. The average Bonchev–Trinajstić information content (AvgIpc) is 2.97. The van der Waals surface area contributed by atoms with Gasteiger partial charge in [0, 0.05) is 25.2 Å². The van der Waals surface area contributed by atoms with Gasteiger partial charge < -0.3 is 25.0 Å². The van der Waals surface area contributed by atoms with Crippen molar-refractivity contribution in [2.45, 2.75) is 64.0 Å². The first kappa shape index (κ1) is 23.8. The van der Waals surface area contributed by atoms with Gasteiger partial charge in [-0.2, -0.15) is 0 Å². The van der Waals surface area contributed by atoms with Gasteiger partial charge in [0.1, 0.15) is 11.3 Å². The first-order valence-electron chi connectivity index (χ1n) is 11.1. The number of benzene rings is 1. The van der Waals surface area contributed by atoms with Crippen LogP contribution in [-0.4, -0.2) is 62.2 Å². The molecule has 1 aliphatic carbocycles. The molecule has 1 aliphatic rings. The van der Waals surface area contributed by atoms with Crippen LogP contribution in [0.25, 0.3) is 10.2 Å². The summed E-state index contributed by atoms with van der Waals surface area (Å²) in [5.74, 6) is -0.168. The maximum atomic E-state index is 12.6. The first-order valence-corrected chi connectivity index (χ1v) is 11.9. The summed E-state index contributed by atoms with van der Waals surface area (Å²) in [5, 5.41) is 19.8. The number of fused-ring (bicyclic) bond motifs is 1. The van der Waals surface area contributed by atoms with Gasteiger partial charge in [-0.15, -0.1) is 0 Å². The second kappa shape index (κ2) is 10.7. The molecule has 3 rings (SSSR count). The highest BCUT2D eigenvalue weighted by molar-refractivity contribution is 7.16. The zero-order valence-corrected chi connectivity index (χ0v) is 19.2. The molecule has 0 aliphatic heterocycles. The number of aromatic nitrogens is 1. The third-order valence-electron chi connectivity index (χ3n) is 6.22. The molecule has 2 amide bonds. The van der Waals surface area contributed by atoms with E-state index in [1.165, 1.54) is 17.0 Å². The van der Waals surface area contributed by atoms with Crippen LogP contribution in [0.5, 0.6) is 5.75 Å². The molecule has 0 spiro atoms.